The van der Waals surface area contributed by atoms with Crippen LogP contribution in [0.3, 0.4) is 0 Å². The number of hydrogen-bond donors (Lipinski definition) is 0. The highest BCUT2D eigenvalue weighted by Crippen LogP contribution is 2.28. The normalized spacial score (nSPS) is 11.8. The van der Waals surface area contributed by atoms with Crippen LogP contribution in [0.25, 0.3) is 27.3 Å². The number of benzene rings is 1. The fourth-order valence-corrected chi connectivity index (χ4v) is 2.29. The lowest BCUT2D eigenvalue weighted by Crippen LogP contribution is -1.86. The van der Waals surface area contributed by atoms with Crippen molar-refractivity contribution in [3.8, 4) is 0 Å². The predicted octanol–water partition coefficient (Wildman–Crippen LogP) is 3.23. The summed E-state index contributed by atoms with van der Waals surface area (Å²) in [6.07, 6.45) is 7.32. The van der Waals surface area contributed by atoms with Crippen LogP contribution in [0, 0.1) is 0 Å². The maximum atomic E-state index is 5.30. The zero-order valence-electron chi connectivity index (χ0n) is 8.42. The minimum atomic E-state index is 0.976. The third-order valence-corrected chi connectivity index (χ3v) is 3.00. The Balaban J connectivity index is 2.51. The Kier molecular flexibility index (Phi) is 1.31. The fraction of sp³-hybridized carbons (Fsp3) is 0. The smallest absolute Gasteiger partial charge is 0.145 e. The monoisotopic (exact) mass is 208 g/mol. The van der Waals surface area contributed by atoms with Gasteiger partial charge in [0, 0.05) is 23.2 Å². The maximum Gasteiger partial charge on any atom is 0.145 e. The highest BCUT2D eigenvalue weighted by Gasteiger charge is 2.09. The second-order valence-electron chi connectivity index (χ2n) is 3.84. The van der Waals surface area contributed by atoms with E-state index in [0.717, 1.165) is 21.9 Å². The van der Waals surface area contributed by atoms with Crippen LogP contribution < -0.4 is 0 Å². The molecule has 0 aliphatic carbocycles. The molecular weight excluding hydrogens is 200 g/mol. The summed E-state index contributed by atoms with van der Waals surface area (Å²) in [4.78, 5) is 4.40. The van der Waals surface area contributed by atoms with Crippen molar-refractivity contribution in [2.75, 3.05) is 0 Å². The molecule has 0 aliphatic heterocycles. The maximum absolute atomic E-state index is 5.30. The van der Waals surface area contributed by atoms with Gasteiger partial charge in [0.1, 0.15) is 18.2 Å². The summed E-state index contributed by atoms with van der Waals surface area (Å²) in [5.74, 6) is 0. The van der Waals surface area contributed by atoms with E-state index in [1.165, 1.54) is 5.39 Å². The Morgan fingerprint density at radius 2 is 1.88 bits per heavy atom. The molecule has 0 atom stereocenters. The lowest BCUT2D eigenvalue weighted by molar-refractivity contribution is 0.571. The Bertz CT molecular complexity index is 741. The van der Waals surface area contributed by atoms with Crippen molar-refractivity contribution in [2.24, 2.45) is 0 Å². The van der Waals surface area contributed by atoms with E-state index >= 15 is 0 Å². The third-order valence-electron chi connectivity index (χ3n) is 3.00. The number of hydrogen-bond acceptors (Lipinski definition) is 2. The molecule has 0 saturated carbocycles. The van der Waals surface area contributed by atoms with E-state index in [0.29, 0.717) is 0 Å². The van der Waals surface area contributed by atoms with Crippen LogP contribution in [0.5, 0.6) is 0 Å². The van der Waals surface area contributed by atoms with E-state index in [9.17, 15) is 0 Å². The van der Waals surface area contributed by atoms with Gasteiger partial charge < -0.3 is 4.42 Å². The third kappa shape index (κ3) is 0.810. The Morgan fingerprint density at radius 3 is 2.81 bits per heavy atom. The summed E-state index contributed by atoms with van der Waals surface area (Å²) in [5, 5.41) is 3.47. The van der Waals surface area contributed by atoms with Gasteiger partial charge in [-0.3, -0.25) is 4.40 Å². The summed E-state index contributed by atoms with van der Waals surface area (Å²) in [7, 11) is 0. The molecule has 0 unspecified atom stereocenters. The first-order valence-corrected chi connectivity index (χ1v) is 5.15. The topological polar surface area (TPSA) is 30.4 Å². The van der Waals surface area contributed by atoms with Crippen LogP contribution in [0.2, 0.25) is 0 Å². The first kappa shape index (κ1) is 7.93. The van der Waals surface area contributed by atoms with Crippen molar-refractivity contribution in [3.05, 3.63) is 49.2 Å². The molecule has 0 saturated heterocycles. The van der Waals surface area contributed by atoms with E-state index in [1.807, 2.05) is 24.5 Å². The fourth-order valence-electron chi connectivity index (χ4n) is 2.29. The van der Waals surface area contributed by atoms with Crippen molar-refractivity contribution in [1.29, 1.82) is 0 Å². The summed E-state index contributed by atoms with van der Waals surface area (Å²) in [6, 6.07) is 8.25. The van der Waals surface area contributed by atoms with Crippen LogP contribution in [0.15, 0.2) is 53.6 Å². The Hall–Kier alpha value is -2.29. The first-order valence-electron chi connectivity index (χ1n) is 5.15. The minimum absolute atomic E-state index is 0.976. The zero-order chi connectivity index (χ0) is 10.5. The number of imidazole rings is 1. The van der Waals surface area contributed by atoms with E-state index in [-0.39, 0.29) is 0 Å². The van der Waals surface area contributed by atoms with Crippen LogP contribution >= 0.6 is 0 Å². The Labute approximate surface area is 90.9 Å². The SMILES string of the molecule is c1ccc2c(c1)c1cocc1n1ccnc21. The van der Waals surface area contributed by atoms with Crippen LogP contribution in [0.4, 0.5) is 0 Å². The molecule has 3 nitrogen and oxygen atoms in total. The van der Waals surface area contributed by atoms with Gasteiger partial charge in [-0.15, -0.1) is 0 Å². The number of pyridine rings is 1. The summed E-state index contributed by atoms with van der Waals surface area (Å²) >= 11 is 0. The number of nitrogens with zero attached hydrogens (tertiary/aromatic N) is 2. The van der Waals surface area contributed by atoms with Gasteiger partial charge in [-0.2, -0.15) is 0 Å². The number of furan rings is 1. The molecule has 0 bridgehead atoms. The average Bonchev–Trinajstić information content (AvgIpc) is 2.98. The highest BCUT2D eigenvalue weighted by atomic mass is 16.3. The molecule has 1 aromatic carbocycles. The van der Waals surface area contributed by atoms with Crippen molar-refractivity contribution in [3.63, 3.8) is 0 Å². The molecule has 16 heavy (non-hydrogen) atoms. The van der Waals surface area contributed by atoms with Crippen LogP contribution in [-0.2, 0) is 0 Å². The molecule has 0 N–H and O–H groups in total. The van der Waals surface area contributed by atoms with Crippen molar-refractivity contribution in [1.82, 2.24) is 9.38 Å². The largest absolute Gasteiger partial charge is 0.470 e. The quantitative estimate of drug-likeness (QED) is 0.444. The molecule has 3 aromatic heterocycles. The second-order valence-corrected chi connectivity index (χ2v) is 3.84. The first-order chi connectivity index (χ1) is 7.95. The summed E-state index contributed by atoms with van der Waals surface area (Å²) in [5.41, 5.74) is 2.04. The number of fused-ring (bicyclic) bond motifs is 6. The van der Waals surface area contributed by atoms with E-state index in [2.05, 4.69) is 21.5 Å². The molecule has 0 fully saturated rings. The van der Waals surface area contributed by atoms with Gasteiger partial charge >= 0.3 is 0 Å². The lowest BCUT2D eigenvalue weighted by Gasteiger charge is -2.02. The van der Waals surface area contributed by atoms with Gasteiger partial charge in [0.2, 0.25) is 0 Å². The summed E-state index contributed by atoms with van der Waals surface area (Å²) in [6.45, 7) is 0. The predicted molar refractivity (Wildman–Crippen MR) is 62.5 cm³/mol. The Morgan fingerprint density at radius 1 is 1.00 bits per heavy atom. The number of aromatic nitrogens is 2. The van der Waals surface area contributed by atoms with Gasteiger partial charge in [-0.1, -0.05) is 24.3 Å². The molecule has 4 rings (SSSR count). The molecule has 4 aromatic rings. The zero-order valence-corrected chi connectivity index (χ0v) is 8.42. The van der Waals surface area contributed by atoms with E-state index in [4.69, 9.17) is 4.42 Å². The molecule has 0 amide bonds. The molecule has 0 spiro atoms. The van der Waals surface area contributed by atoms with Gasteiger partial charge in [0.05, 0.1) is 5.52 Å². The molecular formula is C13H8N2O. The van der Waals surface area contributed by atoms with Gasteiger partial charge in [-0.05, 0) is 5.39 Å². The molecule has 0 radical (unpaired) electrons. The van der Waals surface area contributed by atoms with Crippen molar-refractivity contribution < 1.29 is 4.42 Å². The van der Waals surface area contributed by atoms with Gasteiger partial charge in [0.15, 0.2) is 0 Å². The average molecular weight is 208 g/mol. The molecule has 3 heterocycles. The van der Waals surface area contributed by atoms with E-state index in [1.54, 1.807) is 12.5 Å². The van der Waals surface area contributed by atoms with Crippen LogP contribution in [0.1, 0.15) is 0 Å². The highest BCUT2D eigenvalue weighted by molar-refractivity contribution is 6.11. The van der Waals surface area contributed by atoms with Crippen molar-refractivity contribution in [2.45, 2.75) is 0 Å². The van der Waals surface area contributed by atoms with Crippen LogP contribution in [-0.4, -0.2) is 9.38 Å². The van der Waals surface area contributed by atoms with Crippen molar-refractivity contribution >= 4 is 27.3 Å². The van der Waals surface area contributed by atoms with E-state index < -0.39 is 0 Å². The number of rotatable bonds is 0. The van der Waals surface area contributed by atoms with Gasteiger partial charge in [-0.25, -0.2) is 4.98 Å². The lowest BCUT2D eigenvalue weighted by atomic mass is 10.1. The van der Waals surface area contributed by atoms with Gasteiger partial charge in [0.25, 0.3) is 0 Å². The molecule has 76 valence electrons. The molecule has 3 heteroatoms. The molecule has 0 aliphatic rings. The summed E-state index contributed by atoms with van der Waals surface area (Å²) < 4.78 is 7.36. The standard InChI is InChI=1S/C13H8N2O/c1-2-4-10-9(3-1)11-7-16-8-12(11)15-6-5-14-13(10)15/h1-8H. The second kappa shape index (κ2) is 2.64. The minimum Gasteiger partial charge on any atom is -0.470 e.